The van der Waals surface area contributed by atoms with Gasteiger partial charge >= 0.3 is 5.97 Å². The molecule has 1 aromatic carbocycles. The van der Waals surface area contributed by atoms with Gasteiger partial charge in [-0.1, -0.05) is 43.6 Å². The lowest BCUT2D eigenvalue weighted by Gasteiger charge is -2.21. The number of halogens is 1. The summed E-state index contributed by atoms with van der Waals surface area (Å²) in [6.07, 6.45) is 0.127. The molecule has 0 radical (unpaired) electrons. The van der Waals surface area contributed by atoms with Gasteiger partial charge in [0.15, 0.2) is 0 Å². The number of rotatable bonds is 6. The van der Waals surface area contributed by atoms with Gasteiger partial charge < -0.3 is 10.4 Å². The molecule has 1 rings (SSSR count). The Kier molecular flexibility index (Phi) is 5.45. The summed E-state index contributed by atoms with van der Waals surface area (Å²) in [6, 6.07) is 7.53. The molecule has 3 nitrogen and oxygen atoms in total. The molecule has 0 aliphatic rings. The highest BCUT2D eigenvalue weighted by atomic mass is 35.5. The van der Waals surface area contributed by atoms with Crippen LogP contribution in [0.5, 0.6) is 0 Å². The third kappa shape index (κ3) is 4.75. The van der Waals surface area contributed by atoms with Crippen LogP contribution < -0.4 is 5.32 Å². The second-order valence-electron chi connectivity index (χ2n) is 4.42. The zero-order chi connectivity index (χ0) is 12.8. The number of carboxylic acids is 1. The van der Waals surface area contributed by atoms with E-state index >= 15 is 0 Å². The molecule has 0 bridgehead atoms. The number of nitrogens with one attached hydrogen (secondary N) is 1. The van der Waals surface area contributed by atoms with E-state index in [0.29, 0.717) is 11.6 Å². The van der Waals surface area contributed by atoms with Crippen molar-refractivity contribution in [2.24, 2.45) is 5.92 Å². The molecule has 0 saturated heterocycles. The van der Waals surface area contributed by atoms with Gasteiger partial charge in [0.25, 0.3) is 0 Å². The average molecular weight is 256 g/mol. The summed E-state index contributed by atoms with van der Waals surface area (Å²) < 4.78 is 0. The molecule has 1 aromatic rings. The highest BCUT2D eigenvalue weighted by molar-refractivity contribution is 6.31. The summed E-state index contributed by atoms with van der Waals surface area (Å²) in [5, 5.41) is 12.8. The van der Waals surface area contributed by atoms with Crippen LogP contribution in [0.2, 0.25) is 5.02 Å². The molecule has 94 valence electrons. The Labute approximate surface area is 107 Å². The maximum absolute atomic E-state index is 10.7. The first-order valence-electron chi connectivity index (χ1n) is 5.69. The Morgan fingerprint density at radius 2 is 2.06 bits per heavy atom. The number of aliphatic carboxylic acids is 1. The Balaban J connectivity index is 2.58. The molecule has 0 spiro atoms. The van der Waals surface area contributed by atoms with E-state index in [9.17, 15) is 4.79 Å². The van der Waals surface area contributed by atoms with Gasteiger partial charge in [0.1, 0.15) is 0 Å². The van der Waals surface area contributed by atoms with Gasteiger partial charge in [-0.05, 0) is 17.5 Å². The number of carbonyl (C=O) groups is 1. The van der Waals surface area contributed by atoms with Crippen molar-refractivity contribution in [2.45, 2.75) is 32.9 Å². The minimum absolute atomic E-state index is 0.0382. The molecular formula is C13H18ClNO2. The first-order chi connectivity index (χ1) is 8.00. The Morgan fingerprint density at radius 1 is 1.41 bits per heavy atom. The van der Waals surface area contributed by atoms with E-state index < -0.39 is 5.97 Å². The van der Waals surface area contributed by atoms with E-state index in [0.717, 1.165) is 5.56 Å². The van der Waals surface area contributed by atoms with Gasteiger partial charge in [0.2, 0.25) is 0 Å². The maximum Gasteiger partial charge on any atom is 0.304 e. The molecule has 0 amide bonds. The molecule has 0 saturated carbocycles. The van der Waals surface area contributed by atoms with Crippen LogP contribution in [0, 0.1) is 5.92 Å². The predicted octanol–water partition coefficient (Wildman–Crippen LogP) is 2.93. The third-order valence-electron chi connectivity index (χ3n) is 2.71. The molecule has 17 heavy (non-hydrogen) atoms. The lowest BCUT2D eigenvalue weighted by atomic mass is 10.0. The fraction of sp³-hybridized carbons (Fsp3) is 0.462. The molecule has 0 aromatic heterocycles. The minimum atomic E-state index is -0.782. The predicted molar refractivity (Wildman–Crippen MR) is 69.2 cm³/mol. The zero-order valence-electron chi connectivity index (χ0n) is 10.1. The maximum atomic E-state index is 10.7. The minimum Gasteiger partial charge on any atom is -0.481 e. The zero-order valence-corrected chi connectivity index (χ0v) is 10.9. The smallest absolute Gasteiger partial charge is 0.304 e. The largest absolute Gasteiger partial charge is 0.481 e. The van der Waals surface area contributed by atoms with Gasteiger partial charge in [0.05, 0.1) is 6.42 Å². The topological polar surface area (TPSA) is 49.3 Å². The lowest BCUT2D eigenvalue weighted by Crippen LogP contribution is -2.35. The molecule has 4 heteroatoms. The van der Waals surface area contributed by atoms with Crippen LogP contribution in [-0.4, -0.2) is 17.1 Å². The van der Waals surface area contributed by atoms with Crippen LogP contribution >= 0.6 is 11.6 Å². The van der Waals surface area contributed by atoms with Crippen molar-refractivity contribution in [2.75, 3.05) is 0 Å². The summed E-state index contributed by atoms with van der Waals surface area (Å²) in [7, 11) is 0. The van der Waals surface area contributed by atoms with Crippen molar-refractivity contribution in [3.05, 3.63) is 34.9 Å². The number of hydrogen-bond donors (Lipinski definition) is 2. The van der Waals surface area contributed by atoms with Crippen molar-refractivity contribution < 1.29 is 9.90 Å². The van der Waals surface area contributed by atoms with Crippen LogP contribution in [0.1, 0.15) is 25.8 Å². The molecule has 0 unspecified atom stereocenters. The van der Waals surface area contributed by atoms with E-state index in [1.165, 1.54) is 0 Å². The molecule has 0 aliphatic carbocycles. The molecule has 1 atom stereocenters. The summed E-state index contributed by atoms with van der Waals surface area (Å²) in [4.78, 5) is 10.7. The first kappa shape index (κ1) is 14.0. The molecule has 0 aliphatic heterocycles. The van der Waals surface area contributed by atoms with Crippen molar-refractivity contribution in [1.82, 2.24) is 5.32 Å². The van der Waals surface area contributed by atoms with Crippen LogP contribution in [0.4, 0.5) is 0 Å². The monoisotopic (exact) mass is 255 g/mol. The normalized spacial score (nSPS) is 12.7. The second kappa shape index (κ2) is 6.62. The third-order valence-corrected chi connectivity index (χ3v) is 3.08. The van der Waals surface area contributed by atoms with Crippen molar-refractivity contribution in [1.29, 1.82) is 0 Å². The first-order valence-corrected chi connectivity index (χ1v) is 6.07. The number of benzene rings is 1. The summed E-state index contributed by atoms with van der Waals surface area (Å²) in [5.74, 6) is -0.510. The van der Waals surface area contributed by atoms with Gasteiger partial charge in [-0.2, -0.15) is 0 Å². The van der Waals surface area contributed by atoms with E-state index in [1.54, 1.807) is 0 Å². The highest BCUT2D eigenvalue weighted by Crippen LogP contribution is 2.15. The Morgan fingerprint density at radius 3 is 2.59 bits per heavy atom. The van der Waals surface area contributed by atoms with E-state index in [1.807, 2.05) is 38.1 Å². The van der Waals surface area contributed by atoms with Crippen molar-refractivity contribution >= 4 is 17.6 Å². The van der Waals surface area contributed by atoms with Gasteiger partial charge in [-0.25, -0.2) is 0 Å². The average Bonchev–Trinajstić information content (AvgIpc) is 2.25. The molecular weight excluding hydrogens is 238 g/mol. The molecule has 2 N–H and O–H groups in total. The van der Waals surface area contributed by atoms with E-state index in [2.05, 4.69) is 5.32 Å². The quantitative estimate of drug-likeness (QED) is 0.822. The van der Waals surface area contributed by atoms with E-state index in [-0.39, 0.29) is 18.4 Å². The van der Waals surface area contributed by atoms with E-state index in [4.69, 9.17) is 16.7 Å². The number of hydrogen-bond acceptors (Lipinski definition) is 2. The molecule has 0 heterocycles. The van der Waals surface area contributed by atoms with Crippen molar-refractivity contribution in [3.63, 3.8) is 0 Å². The fourth-order valence-electron chi connectivity index (χ4n) is 1.61. The summed E-state index contributed by atoms with van der Waals surface area (Å²) >= 11 is 6.04. The SMILES string of the molecule is CC(C)[C@@H](CC(=O)O)NCc1ccccc1Cl. The van der Waals surface area contributed by atoms with Crippen LogP contribution in [0.25, 0.3) is 0 Å². The van der Waals surface area contributed by atoms with Gasteiger partial charge in [-0.15, -0.1) is 0 Å². The van der Waals surface area contributed by atoms with Crippen LogP contribution in [0.15, 0.2) is 24.3 Å². The summed E-state index contributed by atoms with van der Waals surface area (Å²) in [5.41, 5.74) is 0.991. The fourth-order valence-corrected chi connectivity index (χ4v) is 1.82. The standard InChI is InChI=1S/C13H18ClNO2/c1-9(2)12(7-13(16)17)15-8-10-5-3-4-6-11(10)14/h3-6,9,12,15H,7-8H2,1-2H3,(H,16,17)/t12-/m1/s1. The van der Waals surface area contributed by atoms with Crippen molar-refractivity contribution in [3.8, 4) is 0 Å². The van der Waals surface area contributed by atoms with Crippen LogP contribution in [-0.2, 0) is 11.3 Å². The van der Waals surface area contributed by atoms with Crippen LogP contribution in [0.3, 0.4) is 0 Å². The molecule has 0 fully saturated rings. The van der Waals surface area contributed by atoms with Gasteiger partial charge in [0, 0.05) is 17.6 Å². The highest BCUT2D eigenvalue weighted by Gasteiger charge is 2.16. The lowest BCUT2D eigenvalue weighted by molar-refractivity contribution is -0.137. The summed E-state index contributed by atoms with van der Waals surface area (Å²) in [6.45, 7) is 4.61. The Hall–Kier alpha value is -1.06. The number of carboxylic acid groups (broad SMARTS) is 1. The Bertz CT molecular complexity index is 379. The second-order valence-corrected chi connectivity index (χ2v) is 4.83. The van der Waals surface area contributed by atoms with Gasteiger partial charge in [-0.3, -0.25) is 4.79 Å².